The van der Waals surface area contributed by atoms with Crippen molar-refractivity contribution in [1.82, 2.24) is 5.32 Å². The van der Waals surface area contributed by atoms with Crippen molar-refractivity contribution in [3.05, 3.63) is 0 Å². The summed E-state index contributed by atoms with van der Waals surface area (Å²) in [5, 5.41) is 2.95. The summed E-state index contributed by atoms with van der Waals surface area (Å²) in [4.78, 5) is 10.5. The molecule has 1 rings (SSSR count). The third-order valence-electron chi connectivity index (χ3n) is 1.40. The van der Waals surface area contributed by atoms with Crippen molar-refractivity contribution in [3.8, 4) is 0 Å². The van der Waals surface area contributed by atoms with Crippen molar-refractivity contribution in [2.24, 2.45) is 0 Å². The highest BCUT2D eigenvalue weighted by Gasteiger charge is 2.21. The van der Waals surface area contributed by atoms with Gasteiger partial charge in [0, 0.05) is 13.0 Å². The van der Waals surface area contributed by atoms with Crippen LogP contribution in [0.25, 0.3) is 0 Å². The van der Waals surface area contributed by atoms with Crippen LogP contribution in [0.5, 0.6) is 0 Å². The number of likely N-dealkylation sites (N-methyl/N-ethyl adjacent to an activating group) is 1. The molecule has 1 aliphatic rings. The second-order valence-corrected chi connectivity index (χ2v) is 2.21. The van der Waals surface area contributed by atoms with Crippen LogP contribution in [0, 0.1) is 0 Å². The molecular weight excluding hydrogens is 118 g/mol. The Balaban J connectivity index is 2.22. The SMILES string of the molecule is CNC[C@@H]1CCC(=O)O1. The molecular formula is C6H11NO2. The molecule has 0 aromatic rings. The first-order valence-electron chi connectivity index (χ1n) is 3.17. The Morgan fingerprint density at radius 3 is 3.11 bits per heavy atom. The Morgan fingerprint density at radius 1 is 1.89 bits per heavy atom. The lowest BCUT2D eigenvalue weighted by Gasteiger charge is -2.05. The van der Waals surface area contributed by atoms with E-state index < -0.39 is 0 Å². The first-order valence-corrected chi connectivity index (χ1v) is 3.17. The van der Waals surface area contributed by atoms with Crippen LogP contribution in [0.2, 0.25) is 0 Å². The third kappa shape index (κ3) is 1.68. The van der Waals surface area contributed by atoms with E-state index in [0.29, 0.717) is 6.42 Å². The van der Waals surface area contributed by atoms with Gasteiger partial charge in [0.1, 0.15) is 6.10 Å². The number of ether oxygens (including phenoxy) is 1. The number of nitrogens with one attached hydrogen (secondary N) is 1. The summed E-state index contributed by atoms with van der Waals surface area (Å²) >= 11 is 0. The number of carbonyl (C=O) groups excluding carboxylic acids is 1. The summed E-state index contributed by atoms with van der Waals surface area (Å²) in [5.74, 6) is -0.0600. The van der Waals surface area contributed by atoms with Crippen LogP contribution >= 0.6 is 0 Å². The van der Waals surface area contributed by atoms with Crippen molar-refractivity contribution in [1.29, 1.82) is 0 Å². The molecule has 1 fully saturated rings. The van der Waals surface area contributed by atoms with Gasteiger partial charge in [-0.15, -0.1) is 0 Å². The zero-order chi connectivity index (χ0) is 6.69. The van der Waals surface area contributed by atoms with Gasteiger partial charge in [-0.25, -0.2) is 0 Å². The topological polar surface area (TPSA) is 38.3 Å². The zero-order valence-corrected chi connectivity index (χ0v) is 5.52. The van der Waals surface area contributed by atoms with Gasteiger partial charge in [-0.1, -0.05) is 0 Å². The van der Waals surface area contributed by atoms with Crippen molar-refractivity contribution in [2.45, 2.75) is 18.9 Å². The number of esters is 1. The summed E-state index contributed by atoms with van der Waals surface area (Å²) in [6.45, 7) is 0.783. The molecule has 0 unspecified atom stereocenters. The van der Waals surface area contributed by atoms with Crippen LogP contribution < -0.4 is 5.32 Å². The fourth-order valence-corrected chi connectivity index (χ4v) is 0.954. The minimum absolute atomic E-state index is 0.0600. The van der Waals surface area contributed by atoms with Gasteiger partial charge in [0.05, 0.1) is 0 Å². The summed E-state index contributed by atoms with van der Waals surface area (Å²) in [6, 6.07) is 0. The van der Waals surface area contributed by atoms with Crippen LogP contribution in [-0.4, -0.2) is 25.7 Å². The molecule has 3 nitrogen and oxygen atoms in total. The van der Waals surface area contributed by atoms with Gasteiger partial charge in [0.2, 0.25) is 0 Å². The van der Waals surface area contributed by atoms with Crippen molar-refractivity contribution < 1.29 is 9.53 Å². The highest BCUT2D eigenvalue weighted by Crippen LogP contribution is 2.11. The Kier molecular flexibility index (Phi) is 2.05. The van der Waals surface area contributed by atoms with Crippen molar-refractivity contribution in [2.75, 3.05) is 13.6 Å². The molecule has 52 valence electrons. The minimum atomic E-state index is -0.0600. The number of hydrogen-bond acceptors (Lipinski definition) is 3. The van der Waals surface area contributed by atoms with Gasteiger partial charge in [0.25, 0.3) is 0 Å². The lowest BCUT2D eigenvalue weighted by molar-refractivity contribution is -0.141. The van der Waals surface area contributed by atoms with Gasteiger partial charge in [-0.2, -0.15) is 0 Å². The average Bonchev–Trinajstić information content (AvgIpc) is 2.17. The van der Waals surface area contributed by atoms with E-state index in [1.165, 1.54) is 0 Å². The van der Waals surface area contributed by atoms with E-state index in [4.69, 9.17) is 4.74 Å². The first kappa shape index (κ1) is 6.55. The Hall–Kier alpha value is -0.570. The summed E-state index contributed by atoms with van der Waals surface area (Å²) in [7, 11) is 1.85. The molecule has 1 N–H and O–H groups in total. The van der Waals surface area contributed by atoms with Crippen LogP contribution in [0.1, 0.15) is 12.8 Å². The molecule has 1 atom stereocenters. The monoisotopic (exact) mass is 129 g/mol. The largest absolute Gasteiger partial charge is 0.461 e. The quantitative estimate of drug-likeness (QED) is 0.529. The van der Waals surface area contributed by atoms with Crippen LogP contribution in [0.4, 0.5) is 0 Å². The predicted octanol–water partition coefficient (Wildman–Crippen LogP) is -0.0886. The van der Waals surface area contributed by atoms with E-state index in [9.17, 15) is 4.79 Å². The molecule has 1 heterocycles. The predicted molar refractivity (Wildman–Crippen MR) is 33.0 cm³/mol. The maximum atomic E-state index is 10.5. The number of carbonyl (C=O) groups is 1. The highest BCUT2D eigenvalue weighted by molar-refractivity contribution is 5.71. The van der Waals surface area contributed by atoms with Gasteiger partial charge >= 0.3 is 5.97 Å². The molecule has 0 radical (unpaired) electrons. The van der Waals surface area contributed by atoms with Crippen molar-refractivity contribution >= 4 is 5.97 Å². The fraction of sp³-hybridized carbons (Fsp3) is 0.833. The van der Waals surface area contributed by atoms with Gasteiger partial charge in [0.15, 0.2) is 0 Å². The Bertz CT molecular complexity index is 114. The fourth-order valence-electron chi connectivity index (χ4n) is 0.954. The lowest BCUT2D eigenvalue weighted by Crippen LogP contribution is -2.22. The maximum Gasteiger partial charge on any atom is 0.306 e. The molecule has 1 saturated heterocycles. The normalized spacial score (nSPS) is 26.3. The van der Waals surface area contributed by atoms with E-state index >= 15 is 0 Å². The molecule has 0 aliphatic carbocycles. The van der Waals surface area contributed by atoms with E-state index in [-0.39, 0.29) is 12.1 Å². The van der Waals surface area contributed by atoms with Gasteiger partial charge < -0.3 is 10.1 Å². The molecule has 0 bridgehead atoms. The van der Waals surface area contributed by atoms with E-state index in [0.717, 1.165) is 13.0 Å². The van der Waals surface area contributed by atoms with E-state index in [1.54, 1.807) is 0 Å². The molecule has 0 spiro atoms. The number of rotatable bonds is 2. The standard InChI is InChI=1S/C6H11NO2/c1-7-4-5-2-3-6(8)9-5/h5,7H,2-4H2,1H3/t5-/m0/s1. The molecule has 3 heteroatoms. The average molecular weight is 129 g/mol. The summed E-state index contributed by atoms with van der Waals surface area (Å²) < 4.78 is 4.90. The summed E-state index contributed by atoms with van der Waals surface area (Å²) in [6.07, 6.45) is 1.59. The zero-order valence-electron chi connectivity index (χ0n) is 5.52. The molecule has 0 amide bonds. The maximum absolute atomic E-state index is 10.5. The number of cyclic esters (lactones) is 1. The summed E-state index contributed by atoms with van der Waals surface area (Å²) in [5.41, 5.74) is 0. The van der Waals surface area contributed by atoms with Crippen LogP contribution in [0.3, 0.4) is 0 Å². The van der Waals surface area contributed by atoms with Crippen molar-refractivity contribution in [3.63, 3.8) is 0 Å². The van der Waals surface area contributed by atoms with E-state index in [1.807, 2.05) is 7.05 Å². The molecule has 0 saturated carbocycles. The second-order valence-electron chi connectivity index (χ2n) is 2.21. The Labute approximate surface area is 54.4 Å². The molecule has 1 aliphatic heterocycles. The lowest BCUT2D eigenvalue weighted by atomic mass is 10.2. The molecule has 0 aromatic heterocycles. The van der Waals surface area contributed by atoms with Gasteiger partial charge in [-0.05, 0) is 13.5 Å². The second kappa shape index (κ2) is 2.82. The Morgan fingerprint density at radius 2 is 2.67 bits per heavy atom. The smallest absolute Gasteiger partial charge is 0.306 e. The minimum Gasteiger partial charge on any atom is -0.461 e. The highest BCUT2D eigenvalue weighted by atomic mass is 16.5. The molecule has 0 aromatic carbocycles. The van der Waals surface area contributed by atoms with Gasteiger partial charge in [-0.3, -0.25) is 4.79 Å². The van der Waals surface area contributed by atoms with Crippen LogP contribution in [-0.2, 0) is 9.53 Å². The third-order valence-corrected chi connectivity index (χ3v) is 1.40. The first-order chi connectivity index (χ1) is 4.33. The van der Waals surface area contributed by atoms with E-state index in [2.05, 4.69) is 5.32 Å². The molecule has 9 heavy (non-hydrogen) atoms. The van der Waals surface area contributed by atoms with Crippen LogP contribution in [0.15, 0.2) is 0 Å². The number of hydrogen-bond donors (Lipinski definition) is 1.